The van der Waals surface area contributed by atoms with Crippen LogP contribution < -0.4 is 5.73 Å². The van der Waals surface area contributed by atoms with Crippen LogP contribution in [0.15, 0.2) is 10.5 Å². The van der Waals surface area contributed by atoms with E-state index in [0.717, 1.165) is 11.4 Å². The first-order valence-corrected chi connectivity index (χ1v) is 4.85. The lowest BCUT2D eigenvalue weighted by atomic mass is 10.1. The van der Waals surface area contributed by atoms with Gasteiger partial charge in [0.05, 0.1) is 0 Å². The molecule has 4 nitrogen and oxygen atoms in total. The van der Waals surface area contributed by atoms with Gasteiger partial charge in [0.2, 0.25) is 0 Å². The van der Waals surface area contributed by atoms with E-state index in [-0.39, 0.29) is 5.92 Å². The van der Waals surface area contributed by atoms with Crippen molar-refractivity contribution in [1.29, 1.82) is 0 Å². The lowest BCUT2D eigenvalue weighted by Gasteiger charge is -2.04. The number of nitrogens with two attached hydrogens (primary N) is 1. The molecule has 0 saturated heterocycles. The average molecular weight is 199 g/mol. The zero-order valence-corrected chi connectivity index (χ0v) is 8.76. The molecule has 1 aromatic rings. The second-order valence-electron chi connectivity index (χ2n) is 2.88. The highest BCUT2D eigenvalue weighted by Crippen LogP contribution is 2.15. The smallest absolute Gasteiger partial charge is 0.180 e. The minimum Gasteiger partial charge on any atom is -0.399 e. The van der Waals surface area contributed by atoms with E-state index >= 15 is 0 Å². The first-order valence-electron chi connectivity index (χ1n) is 3.97. The van der Waals surface area contributed by atoms with Gasteiger partial charge < -0.3 is 10.6 Å². The van der Waals surface area contributed by atoms with Crippen molar-refractivity contribution in [2.45, 2.75) is 13.8 Å². The summed E-state index contributed by atoms with van der Waals surface area (Å²) in [5.74, 6) is 0.279. The Labute approximate surface area is 81.4 Å². The largest absolute Gasteiger partial charge is 0.399 e. The molecule has 0 radical (unpaired) electrons. The molecule has 0 saturated carbocycles. The summed E-state index contributed by atoms with van der Waals surface area (Å²) in [6.07, 6.45) is 0. The van der Waals surface area contributed by atoms with E-state index < -0.39 is 0 Å². The predicted octanol–water partition coefficient (Wildman–Crippen LogP) is 1.73. The van der Waals surface area contributed by atoms with E-state index in [1.807, 2.05) is 19.2 Å². The molecule has 0 bridgehead atoms. The van der Waals surface area contributed by atoms with Crippen LogP contribution in [-0.4, -0.2) is 17.8 Å². The van der Waals surface area contributed by atoms with Crippen molar-refractivity contribution in [3.8, 4) is 0 Å². The van der Waals surface area contributed by atoms with Gasteiger partial charge >= 0.3 is 0 Å². The molecule has 13 heavy (non-hydrogen) atoms. The molecule has 0 fully saturated rings. The average Bonchev–Trinajstić information content (AvgIpc) is 2.46. The third-order valence-corrected chi connectivity index (χ3v) is 2.19. The molecule has 72 valence electrons. The first-order chi connectivity index (χ1) is 6.15. The van der Waals surface area contributed by atoms with Gasteiger partial charge in [-0.1, -0.05) is 19.0 Å². The molecule has 1 aromatic heterocycles. The molecule has 1 heterocycles. The summed E-state index contributed by atoms with van der Waals surface area (Å²) in [5.41, 5.74) is 7.16. The Hall–Kier alpha value is -1.10. The van der Waals surface area contributed by atoms with Crippen LogP contribution in [0.5, 0.6) is 0 Å². The zero-order valence-electron chi connectivity index (χ0n) is 7.94. The van der Waals surface area contributed by atoms with Crippen molar-refractivity contribution < 1.29 is 4.84 Å². The fourth-order valence-corrected chi connectivity index (χ4v) is 1.51. The van der Waals surface area contributed by atoms with Crippen LogP contribution >= 0.6 is 11.3 Å². The van der Waals surface area contributed by atoms with Crippen molar-refractivity contribution in [3.05, 3.63) is 11.1 Å². The van der Waals surface area contributed by atoms with E-state index in [9.17, 15) is 0 Å². The molecule has 0 unspecified atom stereocenters. The van der Waals surface area contributed by atoms with Gasteiger partial charge in [-0.2, -0.15) is 0 Å². The number of hydrogen-bond acceptors (Lipinski definition) is 5. The number of rotatable bonds is 3. The lowest BCUT2D eigenvalue weighted by molar-refractivity contribution is 0.211. The summed E-state index contributed by atoms with van der Waals surface area (Å²) < 4.78 is 0. The van der Waals surface area contributed by atoms with Gasteiger partial charge in [-0.15, -0.1) is 11.3 Å². The maximum atomic E-state index is 5.52. The summed E-state index contributed by atoms with van der Waals surface area (Å²) in [6, 6.07) is 0. The molecular weight excluding hydrogens is 186 g/mol. The number of nitrogens with zero attached hydrogens (tertiary/aromatic N) is 2. The van der Waals surface area contributed by atoms with Crippen molar-refractivity contribution in [3.63, 3.8) is 0 Å². The van der Waals surface area contributed by atoms with Crippen LogP contribution in [0, 0.1) is 5.92 Å². The van der Waals surface area contributed by atoms with Crippen LogP contribution in [0.4, 0.5) is 5.13 Å². The standard InChI is InChI=1S/C8H13N3OS/c1-5(2)7(11-12-3)6-4-13-8(9)10-6/h4-5H,1-3H3,(H2,9,10)/b11-7+. The highest BCUT2D eigenvalue weighted by molar-refractivity contribution is 7.13. The minimum absolute atomic E-state index is 0.279. The summed E-state index contributed by atoms with van der Waals surface area (Å²) >= 11 is 1.41. The third-order valence-electron chi connectivity index (χ3n) is 1.52. The van der Waals surface area contributed by atoms with Gasteiger partial charge in [-0.3, -0.25) is 0 Å². The highest BCUT2D eigenvalue weighted by atomic mass is 32.1. The molecule has 2 N–H and O–H groups in total. The van der Waals surface area contributed by atoms with E-state index in [1.165, 1.54) is 18.4 Å². The summed E-state index contributed by atoms with van der Waals surface area (Å²) in [4.78, 5) is 8.88. The molecule has 0 aliphatic carbocycles. The molecule has 0 amide bonds. The molecule has 1 rings (SSSR count). The number of hydrogen-bond donors (Lipinski definition) is 1. The van der Waals surface area contributed by atoms with Crippen molar-refractivity contribution in [1.82, 2.24) is 4.98 Å². The first kappa shape index (κ1) is 9.98. The number of nitrogen functional groups attached to an aromatic ring is 1. The molecule has 0 aliphatic rings. The Morgan fingerprint density at radius 2 is 2.38 bits per heavy atom. The van der Waals surface area contributed by atoms with Gasteiger partial charge in [0.15, 0.2) is 5.13 Å². The van der Waals surface area contributed by atoms with Gasteiger partial charge in [0.1, 0.15) is 18.5 Å². The van der Waals surface area contributed by atoms with Gasteiger partial charge in [-0.05, 0) is 0 Å². The van der Waals surface area contributed by atoms with Crippen molar-refractivity contribution in [2.75, 3.05) is 12.8 Å². The normalized spacial score (nSPS) is 12.2. The third kappa shape index (κ3) is 2.42. The van der Waals surface area contributed by atoms with Crippen LogP contribution in [0.2, 0.25) is 0 Å². The molecule has 0 spiro atoms. The van der Waals surface area contributed by atoms with E-state index in [0.29, 0.717) is 5.13 Å². The van der Waals surface area contributed by atoms with Crippen molar-refractivity contribution >= 4 is 22.2 Å². The second-order valence-corrected chi connectivity index (χ2v) is 3.77. The van der Waals surface area contributed by atoms with E-state index in [4.69, 9.17) is 10.6 Å². The number of aromatic nitrogens is 1. The molecular formula is C8H13N3OS. The van der Waals surface area contributed by atoms with E-state index in [1.54, 1.807) is 0 Å². The molecule has 0 aromatic carbocycles. The maximum absolute atomic E-state index is 5.52. The summed E-state index contributed by atoms with van der Waals surface area (Å²) in [5, 5.41) is 6.35. The Balaban J connectivity index is 2.95. The topological polar surface area (TPSA) is 60.5 Å². The fourth-order valence-electron chi connectivity index (χ4n) is 0.952. The lowest BCUT2D eigenvalue weighted by Crippen LogP contribution is -2.10. The molecule has 0 atom stereocenters. The quantitative estimate of drug-likeness (QED) is 0.595. The monoisotopic (exact) mass is 199 g/mol. The Bertz CT molecular complexity index is 306. The minimum atomic E-state index is 0.279. The maximum Gasteiger partial charge on any atom is 0.180 e. The van der Waals surface area contributed by atoms with Crippen LogP contribution in [0.1, 0.15) is 19.5 Å². The Morgan fingerprint density at radius 3 is 2.77 bits per heavy atom. The van der Waals surface area contributed by atoms with E-state index in [2.05, 4.69) is 10.1 Å². The van der Waals surface area contributed by atoms with Crippen LogP contribution in [-0.2, 0) is 4.84 Å². The highest BCUT2D eigenvalue weighted by Gasteiger charge is 2.12. The van der Waals surface area contributed by atoms with Crippen LogP contribution in [0.25, 0.3) is 0 Å². The summed E-state index contributed by atoms with van der Waals surface area (Å²) in [7, 11) is 1.53. The fraction of sp³-hybridized carbons (Fsp3) is 0.500. The molecule has 5 heteroatoms. The SMILES string of the molecule is CO/N=C(/c1csc(N)n1)C(C)C. The number of thiazole rings is 1. The predicted molar refractivity (Wildman–Crippen MR) is 54.9 cm³/mol. The van der Waals surface area contributed by atoms with Gasteiger partial charge in [-0.25, -0.2) is 4.98 Å². The Kier molecular flexibility index (Phi) is 3.25. The second kappa shape index (κ2) is 4.23. The van der Waals surface area contributed by atoms with Crippen molar-refractivity contribution in [2.24, 2.45) is 11.1 Å². The summed E-state index contributed by atoms with van der Waals surface area (Å²) in [6.45, 7) is 4.07. The number of anilines is 1. The molecule has 0 aliphatic heterocycles. The zero-order chi connectivity index (χ0) is 9.84. The van der Waals surface area contributed by atoms with Gasteiger partial charge in [0, 0.05) is 11.3 Å². The Morgan fingerprint density at radius 1 is 1.69 bits per heavy atom. The van der Waals surface area contributed by atoms with Crippen LogP contribution in [0.3, 0.4) is 0 Å². The number of oxime groups is 1. The van der Waals surface area contributed by atoms with Gasteiger partial charge in [0.25, 0.3) is 0 Å².